The summed E-state index contributed by atoms with van der Waals surface area (Å²) >= 11 is 0. The summed E-state index contributed by atoms with van der Waals surface area (Å²) in [4.78, 5) is 0. The second-order valence-corrected chi connectivity index (χ2v) is 2.95. The molecule has 10 heavy (non-hydrogen) atoms. The molecule has 0 aliphatic heterocycles. The van der Waals surface area contributed by atoms with Gasteiger partial charge >= 0.3 is 0 Å². The van der Waals surface area contributed by atoms with Crippen LogP contribution in [0.25, 0.3) is 0 Å². The van der Waals surface area contributed by atoms with Crippen LogP contribution in [0.3, 0.4) is 0 Å². The SMILES string of the molecule is CN[C@H]1CCCC[C@H]1OC. The van der Waals surface area contributed by atoms with Crippen LogP contribution in [0.15, 0.2) is 0 Å². The monoisotopic (exact) mass is 143 g/mol. The van der Waals surface area contributed by atoms with E-state index in [0.29, 0.717) is 12.1 Å². The molecule has 2 atom stereocenters. The molecule has 1 N–H and O–H groups in total. The van der Waals surface area contributed by atoms with Crippen molar-refractivity contribution in [3.63, 3.8) is 0 Å². The first-order valence-corrected chi connectivity index (χ1v) is 4.08. The van der Waals surface area contributed by atoms with Crippen molar-refractivity contribution in [3.05, 3.63) is 0 Å². The molecule has 1 saturated carbocycles. The highest BCUT2D eigenvalue weighted by Crippen LogP contribution is 2.19. The minimum atomic E-state index is 0.457. The lowest BCUT2D eigenvalue weighted by Crippen LogP contribution is -2.41. The van der Waals surface area contributed by atoms with Crippen molar-refractivity contribution in [2.45, 2.75) is 37.8 Å². The minimum absolute atomic E-state index is 0.457. The van der Waals surface area contributed by atoms with Gasteiger partial charge in [0.25, 0.3) is 0 Å². The number of rotatable bonds is 2. The molecule has 0 heterocycles. The summed E-state index contributed by atoms with van der Waals surface area (Å²) in [6, 6.07) is 0.596. The highest BCUT2D eigenvalue weighted by atomic mass is 16.5. The molecule has 0 saturated heterocycles. The van der Waals surface area contributed by atoms with Gasteiger partial charge < -0.3 is 10.1 Å². The fraction of sp³-hybridized carbons (Fsp3) is 1.00. The molecule has 0 spiro atoms. The summed E-state index contributed by atoms with van der Waals surface area (Å²) in [5.41, 5.74) is 0. The van der Waals surface area contributed by atoms with Gasteiger partial charge in [0.2, 0.25) is 0 Å². The molecule has 0 bridgehead atoms. The van der Waals surface area contributed by atoms with Crippen molar-refractivity contribution in [1.82, 2.24) is 5.32 Å². The molecule has 1 rings (SSSR count). The Morgan fingerprint density at radius 3 is 2.50 bits per heavy atom. The van der Waals surface area contributed by atoms with Gasteiger partial charge in [-0.15, -0.1) is 0 Å². The van der Waals surface area contributed by atoms with E-state index in [2.05, 4.69) is 5.32 Å². The van der Waals surface area contributed by atoms with Crippen LogP contribution in [0.5, 0.6) is 0 Å². The third-order valence-electron chi connectivity index (χ3n) is 2.38. The molecule has 0 aromatic carbocycles. The van der Waals surface area contributed by atoms with Crippen LogP contribution >= 0.6 is 0 Å². The quantitative estimate of drug-likeness (QED) is 0.626. The smallest absolute Gasteiger partial charge is 0.0724 e. The molecule has 2 nitrogen and oxygen atoms in total. The summed E-state index contributed by atoms with van der Waals surface area (Å²) in [6.45, 7) is 0. The molecule has 0 aromatic heterocycles. The summed E-state index contributed by atoms with van der Waals surface area (Å²) in [5.74, 6) is 0. The fourth-order valence-electron chi connectivity index (χ4n) is 1.71. The maximum absolute atomic E-state index is 5.33. The van der Waals surface area contributed by atoms with Crippen molar-refractivity contribution in [1.29, 1.82) is 0 Å². The van der Waals surface area contributed by atoms with Gasteiger partial charge in [0, 0.05) is 13.2 Å². The van der Waals surface area contributed by atoms with Crippen molar-refractivity contribution >= 4 is 0 Å². The molecule has 0 aromatic rings. The minimum Gasteiger partial charge on any atom is -0.380 e. The van der Waals surface area contributed by atoms with Crippen molar-refractivity contribution in [2.75, 3.05) is 14.2 Å². The van der Waals surface area contributed by atoms with E-state index in [0.717, 1.165) is 0 Å². The molecule has 1 aliphatic carbocycles. The van der Waals surface area contributed by atoms with Crippen molar-refractivity contribution in [3.8, 4) is 0 Å². The first kappa shape index (κ1) is 8.02. The van der Waals surface area contributed by atoms with Gasteiger partial charge in [-0.2, -0.15) is 0 Å². The van der Waals surface area contributed by atoms with E-state index >= 15 is 0 Å². The second kappa shape index (κ2) is 3.94. The lowest BCUT2D eigenvalue weighted by Gasteiger charge is -2.29. The maximum Gasteiger partial charge on any atom is 0.0724 e. The zero-order chi connectivity index (χ0) is 7.40. The molecular formula is C8H17NO. The van der Waals surface area contributed by atoms with Gasteiger partial charge in [-0.25, -0.2) is 0 Å². The maximum atomic E-state index is 5.33. The number of methoxy groups -OCH3 is 1. The van der Waals surface area contributed by atoms with E-state index in [-0.39, 0.29) is 0 Å². The van der Waals surface area contributed by atoms with Crippen LogP contribution in [0.2, 0.25) is 0 Å². The summed E-state index contributed by atoms with van der Waals surface area (Å²) in [7, 11) is 3.82. The summed E-state index contributed by atoms with van der Waals surface area (Å²) < 4.78 is 5.33. The Hall–Kier alpha value is -0.0800. The van der Waals surface area contributed by atoms with Crippen LogP contribution in [0.1, 0.15) is 25.7 Å². The lowest BCUT2D eigenvalue weighted by atomic mass is 9.93. The highest BCUT2D eigenvalue weighted by molar-refractivity contribution is 4.79. The average molecular weight is 143 g/mol. The van der Waals surface area contributed by atoms with Crippen LogP contribution in [-0.2, 0) is 4.74 Å². The molecule has 0 unspecified atom stereocenters. The van der Waals surface area contributed by atoms with E-state index < -0.39 is 0 Å². The van der Waals surface area contributed by atoms with E-state index in [4.69, 9.17) is 4.74 Å². The molecule has 1 fully saturated rings. The van der Waals surface area contributed by atoms with Crippen LogP contribution < -0.4 is 5.32 Å². The Morgan fingerprint density at radius 2 is 2.00 bits per heavy atom. The molecule has 2 heteroatoms. The van der Waals surface area contributed by atoms with Gasteiger partial charge in [-0.3, -0.25) is 0 Å². The van der Waals surface area contributed by atoms with Gasteiger partial charge in [0.05, 0.1) is 6.10 Å². The van der Waals surface area contributed by atoms with Gasteiger partial charge in [0.15, 0.2) is 0 Å². The van der Waals surface area contributed by atoms with Crippen molar-refractivity contribution in [2.24, 2.45) is 0 Å². The standard InChI is InChI=1S/C8H17NO/c1-9-7-5-3-4-6-8(7)10-2/h7-9H,3-6H2,1-2H3/t7-,8+/m0/s1. The Morgan fingerprint density at radius 1 is 1.30 bits per heavy atom. The zero-order valence-corrected chi connectivity index (χ0v) is 6.89. The molecule has 1 aliphatic rings. The average Bonchev–Trinajstić information content (AvgIpc) is 2.04. The van der Waals surface area contributed by atoms with Crippen LogP contribution in [0.4, 0.5) is 0 Å². The predicted octanol–water partition coefficient (Wildman–Crippen LogP) is 1.16. The highest BCUT2D eigenvalue weighted by Gasteiger charge is 2.22. The van der Waals surface area contributed by atoms with Crippen molar-refractivity contribution < 1.29 is 4.74 Å². The van der Waals surface area contributed by atoms with E-state index in [9.17, 15) is 0 Å². The number of ether oxygens (including phenoxy) is 1. The Bertz CT molecular complexity index is 83.3. The zero-order valence-electron chi connectivity index (χ0n) is 6.89. The Labute approximate surface area is 63.0 Å². The summed E-state index contributed by atoms with van der Waals surface area (Å²) in [5, 5.41) is 3.28. The lowest BCUT2D eigenvalue weighted by molar-refractivity contribution is 0.0445. The van der Waals surface area contributed by atoms with Gasteiger partial charge in [0.1, 0.15) is 0 Å². The molecule has 0 radical (unpaired) electrons. The van der Waals surface area contributed by atoms with Crippen LogP contribution in [0, 0.1) is 0 Å². The van der Waals surface area contributed by atoms with E-state index in [1.165, 1.54) is 25.7 Å². The van der Waals surface area contributed by atoms with Crippen LogP contribution in [-0.4, -0.2) is 26.3 Å². The van der Waals surface area contributed by atoms with Gasteiger partial charge in [-0.1, -0.05) is 12.8 Å². The largest absolute Gasteiger partial charge is 0.380 e. The van der Waals surface area contributed by atoms with E-state index in [1.807, 2.05) is 7.05 Å². The number of hydrogen-bond acceptors (Lipinski definition) is 2. The first-order chi connectivity index (χ1) is 4.88. The third-order valence-corrected chi connectivity index (χ3v) is 2.38. The third kappa shape index (κ3) is 1.70. The number of nitrogens with one attached hydrogen (secondary N) is 1. The van der Waals surface area contributed by atoms with Gasteiger partial charge in [-0.05, 0) is 19.9 Å². The predicted molar refractivity (Wildman–Crippen MR) is 42.1 cm³/mol. The topological polar surface area (TPSA) is 21.3 Å². The van der Waals surface area contributed by atoms with E-state index in [1.54, 1.807) is 7.11 Å². The number of likely N-dealkylation sites (N-methyl/N-ethyl adjacent to an activating group) is 1. The fourth-order valence-corrected chi connectivity index (χ4v) is 1.71. The molecular weight excluding hydrogens is 126 g/mol. The summed E-state index contributed by atoms with van der Waals surface area (Å²) in [6.07, 6.45) is 5.64. The Balaban J connectivity index is 2.34. The second-order valence-electron chi connectivity index (χ2n) is 2.95. The Kier molecular flexibility index (Phi) is 3.16. The molecule has 0 amide bonds. The first-order valence-electron chi connectivity index (χ1n) is 4.08. The normalized spacial score (nSPS) is 34.2. The number of hydrogen-bond donors (Lipinski definition) is 1. The molecule has 60 valence electrons.